The zero-order chi connectivity index (χ0) is 18.4. The van der Waals surface area contributed by atoms with E-state index in [1.807, 2.05) is 0 Å². The summed E-state index contributed by atoms with van der Waals surface area (Å²) in [6.45, 7) is 3.48. The second-order valence-corrected chi connectivity index (χ2v) is 8.36. The van der Waals surface area contributed by atoms with Crippen LogP contribution < -0.4 is 4.72 Å². The molecule has 2 aromatic rings. The maximum Gasteiger partial charge on any atom is 0.324 e. The Balaban J connectivity index is 2.09. The molecule has 8 heteroatoms. The molecule has 0 saturated heterocycles. The van der Waals surface area contributed by atoms with Crippen molar-refractivity contribution in [2.24, 2.45) is 5.92 Å². The molecule has 0 aliphatic heterocycles. The van der Waals surface area contributed by atoms with Gasteiger partial charge in [-0.1, -0.05) is 35.8 Å². The molecule has 0 aliphatic carbocycles. The van der Waals surface area contributed by atoms with Crippen LogP contribution in [0.1, 0.15) is 19.5 Å². The average Bonchev–Trinajstić information content (AvgIpc) is 2.58. The first-order valence-corrected chi connectivity index (χ1v) is 9.91. The van der Waals surface area contributed by atoms with Crippen LogP contribution in [0.15, 0.2) is 58.0 Å². The molecule has 0 fully saturated rings. The highest BCUT2D eigenvalue weighted by Gasteiger charge is 2.29. The summed E-state index contributed by atoms with van der Waals surface area (Å²) in [6.07, 6.45) is 1.60. The van der Waals surface area contributed by atoms with Gasteiger partial charge < -0.3 is 4.74 Å². The molecule has 0 unspecified atom stereocenters. The molecule has 25 heavy (non-hydrogen) atoms. The van der Waals surface area contributed by atoms with Gasteiger partial charge in [-0.15, -0.1) is 0 Å². The fourth-order valence-electron chi connectivity index (χ4n) is 2.02. The molecular weight excluding hydrogens is 408 g/mol. The van der Waals surface area contributed by atoms with Gasteiger partial charge in [-0.3, -0.25) is 9.78 Å². The zero-order valence-electron chi connectivity index (χ0n) is 13.8. The molecule has 6 nitrogen and oxygen atoms in total. The summed E-state index contributed by atoms with van der Waals surface area (Å²) in [4.78, 5) is 16.5. The van der Waals surface area contributed by atoms with Crippen molar-refractivity contribution in [2.45, 2.75) is 31.4 Å². The van der Waals surface area contributed by atoms with Crippen LogP contribution >= 0.6 is 15.9 Å². The summed E-state index contributed by atoms with van der Waals surface area (Å²) in [5, 5.41) is 0. The Morgan fingerprint density at radius 2 is 1.88 bits per heavy atom. The van der Waals surface area contributed by atoms with Gasteiger partial charge in [-0.25, -0.2) is 8.42 Å². The predicted molar refractivity (Wildman–Crippen MR) is 97.1 cm³/mol. The third-order valence-corrected chi connectivity index (χ3v) is 5.40. The van der Waals surface area contributed by atoms with Crippen LogP contribution in [-0.4, -0.2) is 25.4 Å². The van der Waals surface area contributed by atoms with Gasteiger partial charge >= 0.3 is 5.97 Å². The number of carbonyl (C=O) groups is 1. The first kappa shape index (κ1) is 19.6. The fourth-order valence-corrected chi connectivity index (χ4v) is 3.62. The van der Waals surface area contributed by atoms with Crippen LogP contribution in [0.25, 0.3) is 0 Å². The van der Waals surface area contributed by atoms with Gasteiger partial charge in [-0.05, 0) is 42.3 Å². The highest BCUT2D eigenvalue weighted by Crippen LogP contribution is 2.16. The van der Waals surface area contributed by atoms with Crippen LogP contribution in [0.3, 0.4) is 0 Å². The monoisotopic (exact) mass is 426 g/mol. The van der Waals surface area contributed by atoms with E-state index in [9.17, 15) is 13.2 Å². The Hall–Kier alpha value is -1.77. The van der Waals surface area contributed by atoms with E-state index < -0.39 is 22.0 Å². The highest BCUT2D eigenvalue weighted by atomic mass is 79.9. The molecule has 0 saturated carbocycles. The lowest BCUT2D eigenvalue weighted by Crippen LogP contribution is -2.45. The van der Waals surface area contributed by atoms with Crippen molar-refractivity contribution in [1.29, 1.82) is 0 Å². The number of aromatic nitrogens is 1. The summed E-state index contributed by atoms with van der Waals surface area (Å²) in [5.41, 5.74) is 0.592. The quantitative estimate of drug-likeness (QED) is 0.687. The molecule has 1 aromatic carbocycles. The topological polar surface area (TPSA) is 85.4 Å². The Labute approximate surface area is 155 Å². The number of pyridine rings is 1. The molecule has 0 spiro atoms. The summed E-state index contributed by atoms with van der Waals surface area (Å²) >= 11 is 3.26. The third kappa shape index (κ3) is 5.62. The Morgan fingerprint density at radius 3 is 2.44 bits per heavy atom. The van der Waals surface area contributed by atoms with E-state index in [1.165, 1.54) is 12.1 Å². The molecule has 1 atom stereocenters. The number of nitrogens with one attached hydrogen (secondary N) is 1. The van der Waals surface area contributed by atoms with E-state index >= 15 is 0 Å². The van der Waals surface area contributed by atoms with E-state index in [0.29, 0.717) is 5.69 Å². The summed E-state index contributed by atoms with van der Waals surface area (Å²) < 4.78 is 33.4. The lowest BCUT2D eigenvalue weighted by atomic mass is 10.1. The van der Waals surface area contributed by atoms with E-state index in [0.717, 1.165) is 4.47 Å². The molecule has 1 N–H and O–H groups in total. The van der Waals surface area contributed by atoms with Gasteiger partial charge in [0.25, 0.3) is 0 Å². The molecule has 0 aliphatic rings. The smallest absolute Gasteiger partial charge is 0.324 e. The normalized spacial score (nSPS) is 12.8. The molecule has 2 rings (SSSR count). The van der Waals surface area contributed by atoms with Gasteiger partial charge in [0.05, 0.1) is 10.6 Å². The Kier molecular flexibility index (Phi) is 6.69. The second kappa shape index (κ2) is 8.55. The van der Waals surface area contributed by atoms with Gasteiger partial charge in [0.2, 0.25) is 10.0 Å². The number of sulfonamides is 1. The molecule has 1 heterocycles. The molecule has 0 amide bonds. The molecule has 0 bridgehead atoms. The summed E-state index contributed by atoms with van der Waals surface area (Å²) in [7, 11) is -3.84. The molecule has 1 aromatic heterocycles. The lowest BCUT2D eigenvalue weighted by molar-refractivity contribution is -0.148. The van der Waals surface area contributed by atoms with Crippen LogP contribution in [0.4, 0.5) is 0 Å². The fraction of sp³-hybridized carbons (Fsp3) is 0.294. The van der Waals surface area contributed by atoms with Gasteiger partial charge in [0.15, 0.2) is 0 Å². The van der Waals surface area contributed by atoms with Crippen LogP contribution in [0.5, 0.6) is 0 Å². The number of hydrogen-bond donors (Lipinski definition) is 1. The minimum absolute atomic E-state index is 0.0110. The standard InChI is InChI=1S/C17H19BrN2O4S/c1-12(2)16(17(21)24-11-14-5-3-4-10-19-14)20-25(22,23)15-8-6-13(18)7-9-15/h3-10,12,16,20H,11H2,1-2H3/t16-/m0/s1. The van der Waals surface area contributed by atoms with Gasteiger partial charge in [0, 0.05) is 10.7 Å². The zero-order valence-corrected chi connectivity index (χ0v) is 16.2. The van der Waals surface area contributed by atoms with Crippen LogP contribution in [-0.2, 0) is 26.2 Å². The largest absolute Gasteiger partial charge is 0.458 e. The summed E-state index contributed by atoms with van der Waals surface area (Å²) in [6, 6.07) is 10.4. The van der Waals surface area contributed by atoms with E-state index in [1.54, 1.807) is 50.4 Å². The van der Waals surface area contributed by atoms with Crippen molar-refractivity contribution in [3.63, 3.8) is 0 Å². The lowest BCUT2D eigenvalue weighted by Gasteiger charge is -2.20. The average molecular weight is 427 g/mol. The van der Waals surface area contributed by atoms with Crippen molar-refractivity contribution in [3.8, 4) is 0 Å². The Bertz CT molecular complexity index is 808. The first-order chi connectivity index (χ1) is 11.8. The van der Waals surface area contributed by atoms with Gasteiger partial charge in [0.1, 0.15) is 12.6 Å². The Morgan fingerprint density at radius 1 is 1.20 bits per heavy atom. The van der Waals surface area contributed by atoms with Crippen molar-refractivity contribution < 1.29 is 17.9 Å². The maximum absolute atomic E-state index is 12.5. The predicted octanol–water partition coefficient (Wildman–Crippen LogP) is 2.89. The van der Waals surface area contributed by atoms with Gasteiger partial charge in [-0.2, -0.15) is 4.72 Å². The van der Waals surface area contributed by atoms with Crippen molar-refractivity contribution in [2.75, 3.05) is 0 Å². The van der Waals surface area contributed by atoms with E-state index in [4.69, 9.17) is 4.74 Å². The number of nitrogens with zero attached hydrogens (tertiary/aromatic N) is 1. The second-order valence-electron chi connectivity index (χ2n) is 5.73. The number of halogens is 1. The van der Waals surface area contributed by atoms with Crippen LogP contribution in [0, 0.1) is 5.92 Å². The minimum Gasteiger partial charge on any atom is -0.458 e. The maximum atomic E-state index is 12.5. The van der Waals surface area contributed by atoms with Crippen molar-refractivity contribution >= 4 is 31.9 Å². The van der Waals surface area contributed by atoms with Crippen molar-refractivity contribution in [1.82, 2.24) is 9.71 Å². The number of ether oxygens (including phenoxy) is 1. The minimum atomic E-state index is -3.84. The van der Waals surface area contributed by atoms with E-state index in [2.05, 4.69) is 25.6 Å². The SMILES string of the molecule is CC(C)[C@H](NS(=O)(=O)c1ccc(Br)cc1)C(=O)OCc1ccccn1. The van der Waals surface area contributed by atoms with E-state index in [-0.39, 0.29) is 17.4 Å². The molecule has 134 valence electrons. The number of benzene rings is 1. The molecule has 0 radical (unpaired) electrons. The number of carbonyl (C=O) groups excluding carboxylic acids is 1. The highest BCUT2D eigenvalue weighted by molar-refractivity contribution is 9.10. The third-order valence-electron chi connectivity index (χ3n) is 3.42. The summed E-state index contributed by atoms with van der Waals surface area (Å²) in [5.74, 6) is -0.914. The van der Waals surface area contributed by atoms with Crippen LogP contribution in [0.2, 0.25) is 0 Å². The first-order valence-electron chi connectivity index (χ1n) is 7.64. The van der Waals surface area contributed by atoms with Crippen molar-refractivity contribution in [3.05, 3.63) is 58.8 Å². The number of hydrogen-bond acceptors (Lipinski definition) is 5. The molecular formula is C17H19BrN2O4S. The number of esters is 1. The number of rotatable bonds is 7.